The van der Waals surface area contributed by atoms with Crippen LogP contribution in [0.15, 0.2) is 30.3 Å². The van der Waals surface area contributed by atoms with Gasteiger partial charge in [-0.3, -0.25) is 4.79 Å². The summed E-state index contributed by atoms with van der Waals surface area (Å²) in [6.07, 6.45) is 2.53. The number of ketones is 1. The molecule has 2 heteroatoms. The monoisotopic (exact) mass is 216 g/mol. The van der Waals surface area contributed by atoms with Gasteiger partial charge < -0.3 is 4.74 Å². The number of hydrogen-bond donors (Lipinski definition) is 0. The molecule has 0 radical (unpaired) electrons. The van der Waals surface area contributed by atoms with Crippen LogP contribution in [0.25, 0.3) is 0 Å². The molecule has 16 heavy (non-hydrogen) atoms. The van der Waals surface area contributed by atoms with Crippen LogP contribution < -0.4 is 0 Å². The lowest BCUT2D eigenvalue weighted by Crippen LogP contribution is -2.36. The van der Waals surface area contributed by atoms with E-state index in [2.05, 4.69) is 12.1 Å². The number of carbonyl (C=O) groups is 1. The lowest BCUT2D eigenvalue weighted by atomic mass is 9.78. The fourth-order valence-corrected chi connectivity index (χ4v) is 3.20. The van der Waals surface area contributed by atoms with Gasteiger partial charge >= 0.3 is 0 Å². The average Bonchev–Trinajstić information content (AvgIpc) is 3.13. The van der Waals surface area contributed by atoms with Crippen LogP contribution in [-0.2, 0) is 15.1 Å². The molecule has 1 aromatic rings. The van der Waals surface area contributed by atoms with Gasteiger partial charge in [-0.05, 0) is 18.4 Å². The third-order valence-electron chi connectivity index (χ3n) is 4.17. The molecule has 2 saturated carbocycles. The zero-order valence-corrected chi connectivity index (χ0v) is 9.48. The molecule has 2 aliphatic carbocycles. The molecule has 0 aliphatic heterocycles. The van der Waals surface area contributed by atoms with Crippen LogP contribution in [0.1, 0.15) is 24.8 Å². The molecule has 0 N–H and O–H groups in total. The standard InChI is InChI=1S/C14H16O2/c1-16-14(10-5-3-2-4-6-10)8-7-13(15)11-9-12(11)14/h2-6,11-12H,7-9H2,1H3. The minimum absolute atomic E-state index is 0.195. The Morgan fingerprint density at radius 2 is 2.06 bits per heavy atom. The number of Topliss-reactive ketones (excluding diaryl/α,β-unsaturated/α-hetero) is 1. The van der Waals surface area contributed by atoms with Gasteiger partial charge in [0.1, 0.15) is 5.78 Å². The van der Waals surface area contributed by atoms with Crippen LogP contribution >= 0.6 is 0 Å². The molecule has 2 nitrogen and oxygen atoms in total. The molecule has 3 atom stereocenters. The lowest BCUT2D eigenvalue weighted by molar-refractivity contribution is -0.129. The second kappa shape index (κ2) is 3.42. The van der Waals surface area contributed by atoms with E-state index in [4.69, 9.17) is 4.74 Å². The maximum atomic E-state index is 11.6. The van der Waals surface area contributed by atoms with Crippen molar-refractivity contribution in [3.63, 3.8) is 0 Å². The van der Waals surface area contributed by atoms with Gasteiger partial charge in [-0.25, -0.2) is 0 Å². The van der Waals surface area contributed by atoms with Gasteiger partial charge in [0.15, 0.2) is 0 Å². The van der Waals surface area contributed by atoms with E-state index in [-0.39, 0.29) is 11.5 Å². The summed E-state index contributed by atoms with van der Waals surface area (Å²) in [4.78, 5) is 11.6. The highest BCUT2D eigenvalue weighted by Crippen LogP contribution is 2.58. The highest BCUT2D eigenvalue weighted by atomic mass is 16.5. The quantitative estimate of drug-likeness (QED) is 0.759. The SMILES string of the molecule is COC1(c2ccccc2)CCC(=O)C2CC21. The van der Waals surface area contributed by atoms with E-state index < -0.39 is 0 Å². The predicted molar refractivity (Wildman–Crippen MR) is 61.0 cm³/mol. The summed E-state index contributed by atoms with van der Waals surface area (Å²) in [7, 11) is 1.78. The first-order valence-corrected chi connectivity index (χ1v) is 5.91. The first-order valence-electron chi connectivity index (χ1n) is 5.91. The van der Waals surface area contributed by atoms with Crippen LogP contribution in [0.4, 0.5) is 0 Å². The fraction of sp³-hybridized carbons (Fsp3) is 0.500. The Hall–Kier alpha value is -1.15. The maximum Gasteiger partial charge on any atom is 0.136 e. The summed E-state index contributed by atoms with van der Waals surface area (Å²) in [5, 5.41) is 0. The van der Waals surface area contributed by atoms with Crippen molar-refractivity contribution in [2.45, 2.75) is 24.9 Å². The van der Waals surface area contributed by atoms with Gasteiger partial charge in [0.05, 0.1) is 5.60 Å². The zero-order valence-electron chi connectivity index (χ0n) is 9.48. The topological polar surface area (TPSA) is 26.3 Å². The van der Waals surface area contributed by atoms with Crippen LogP contribution in [0.2, 0.25) is 0 Å². The van der Waals surface area contributed by atoms with Gasteiger partial charge in [0, 0.05) is 25.4 Å². The third kappa shape index (κ3) is 1.26. The van der Waals surface area contributed by atoms with Gasteiger partial charge in [0.25, 0.3) is 0 Å². The molecular weight excluding hydrogens is 200 g/mol. The summed E-state index contributed by atoms with van der Waals surface area (Å²) in [6, 6.07) is 10.3. The Balaban J connectivity index is 1.99. The molecule has 1 aromatic carbocycles. The van der Waals surface area contributed by atoms with E-state index in [9.17, 15) is 4.79 Å². The van der Waals surface area contributed by atoms with Crippen molar-refractivity contribution in [1.82, 2.24) is 0 Å². The van der Waals surface area contributed by atoms with Gasteiger partial charge in [-0.15, -0.1) is 0 Å². The Kier molecular flexibility index (Phi) is 2.15. The van der Waals surface area contributed by atoms with Crippen LogP contribution in [0.3, 0.4) is 0 Å². The second-order valence-electron chi connectivity index (χ2n) is 4.87. The molecule has 0 amide bonds. The number of rotatable bonds is 2. The molecule has 0 bridgehead atoms. The summed E-state index contributed by atoms with van der Waals surface area (Å²) < 4.78 is 5.81. The fourth-order valence-electron chi connectivity index (χ4n) is 3.20. The van der Waals surface area contributed by atoms with Crippen molar-refractivity contribution in [1.29, 1.82) is 0 Å². The molecule has 3 unspecified atom stereocenters. The van der Waals surface area contributed by atoms with Crippen LogP contribution in [0, 0.1) is 11.8 Å². The number of ether oxygens (including phenoxy) is 1. The molecular formula is C14H16O2. The third-order valence-corrected chi connectivity index (χ3v) is 4.17. The van der Waals surface area contributed by atoms with Crippen molar-refractivity contribution in [3.05, 3.63) is 35.9 Å². The highest BCUT2D eigenvalue weighted by molar-refractivity contribution is 5.85. The highest BCUT2D eigenvalue weighted by Gasteiger charge is 2.59. The predicted octanol–water partition coefficient (Wildman–Crippen LogP) is 2.53. The average molecular weight is 216 g/mol. The molecule has 3 rings (SSSR count). The summed E-state index contributed by atoms with van der Waals surface area (Å²) >= 11 is 0. The smallest absolute Gasteiger partial charge is 0.136 e. The van der Waals surface area contributed by atoms with E-state index in [0.717, 1.165) is 12.8 Å². The number of methoxy groups -OCH3 is 1. The van der Waals surface area contributed by atoms with Gasteiger partial charge in [-0.2, -0.15) is 0 Å². The minimum atomic E-state index is -0.195. The molecule has 0 saturated heterocycles. The number of carbonyl (C=O) groups excluding carboxylic acids is 1. The van der Waals surface area contributed by atoms with Crippen LogP contribution in [0.5, 0.6) is 0 Å². The molecule has 0 spiro atoms. The minimum Gasteiger partial charge on any atom is -0.373 e. The summed E-state index contributed by atoms with van der Waals surface area (Å²) in [5.41, 5.74) is 1.04. The Bertz CT molecular complexity index is 412. The van der Waals surface area contributed by atoms with Gasteiger partial charge in [0.2, 0.25) is 0 Å². The van der Waals surface area contributed by atoms with Crippen molar-refractivity contribution in [2.75, 3.05) is 7.11 Å². The molecule has 2 aliphatic rings. The molecule has 2 fully saturated rings. The first kappa shape index (κ1) is 10.0. The van der Waals surface area contributed by atoms with Crippen molar-refractivity contribution in [2.24, 2.45) is 11.8 Å². The van der Waals surface area contributed by atoms with E-state index in [1.54, 1.807) is 7.11 Å². The Morgan fingerprint density at radius 1 is 1.31 bits per heavy atom. The van der Waals surface area contributed by atoms with Crippen molar-refractivity contribution in [3.8, 4) is 0 Å². The van der Waals surface area contributed by atoms with E-state index in [1.165, 1.54) is 5.56 Å². The molecule has 0 heterocycles. The number of hydrogen-bond acceptors (Lipinski definition) is 2. The van der Waals surface area contributed by atoms with E-state index in [0.29, 0.717) is 18.1 Å². The summed E-state index contributed by atoms with van der Waals surface area (Å²) in [6.45, 7) is 0. The van der Waals surface area contributed by atoms with E-state index >= 15 is 0 Å². The maximum absolute atomic E-state index is 11.6. The Labute approximate surface area is 95.6 Å². The largest absolute Gasteiger partial charge is 0.373 e. The first-order chi connectivity index (χ1) is 7.78. The van der Waals surface area contributed by atoms with Gasteiger partial charge in [-0.1, -0.05) is 30.3 Å². The molecule has 84 valence electrons. The van der Waals surface area contributed by atoms with Crippen molar-refractivity contribution >= 4 is 5.78 Å². The van der Waals surface area contributed by atoms with Crippen molar-refractivity contribution < 1.29 is 9.53 Å². The number of benzene rings is 1. The van der Waals surface area contributed by atoms with Crippen LogP contribution in [-0.4, -0.2) is 12.9 Å². The number of fused-ring (bicyclic) bond motifs is 1. The normalized spacial score (nSPS) is 36.9. The Morgan fingerprint density at radius 3 is 2.75 bits per heavy atom. The van der Waals surface area contributed by atoms with E-state index in [1.807, 2.05) is 18.2 Å². The zero-order chi connectivity index (χ0) is 11.2. The second-order valence-corrected chi connectivity index (χ2v) is 4.87. The molecule has 0 aromatic heterocycles. The summed E-state index contributed by atoms with van der Waals surface area (Å²) in [5.74, 6) is 1.13. The lowest BCUT2D eigenvalue weighted by Gasteiger charge is -2.36.